The van der Waals surface area contributed by atoms with Crippen LogP contribution in [0.3, 0.4) is 0 Å². The van der Waals surface area contributed by atoms with Gasteiger partial charge in [-0.1, -0.05) is 17.3 Å². The minimum Gasteiger partial charge on any atom is -0.497 e. The Balaban J connectivity index is 1.45. The summed E-state index contributed by atoms with van der Waals surface area (Å²) in [4.78, 5) is 29.7. The quantitative estimate of drug-likeness (QED) is 0.671. The van der Waals surface area contributed by atoms with E-state index in [1.807, 2.05) is 24.3 Å². The molecule has 8 nitrogen and oxygen atoms in total. The maximum Gasteiger partial charge on any atom is 0.278 e. The molecule has 2 aromatic carbocycles. The lowest BCUT2D eigenvalue weighted by Gasteiger charge is -2.37. The zero-order valence-electron chi connectivity index (χ0n) is 16.5. The normalized spacial score (nSPS) is 15.4. The first kappa shape index (κ1) is 18.9. The molecule has 1 atom stereocenters. The van der Waals surface area contributed by atoms with E-state index in [-0.39, 0.29) is 11.5 Å². The minimum absolute atomic E-state index is 0.119. The molecule has 1 aliphatic heterocycles. The summed E-state index contributed by atoms with van der Waals surface area (Å²) in [6.07, 6.45) is 0. The van der Waals surface area contributed by atoms with Crippen LogP contribution in [0.4, 0.5) is 5.69 Å². The van der Waals surface area contributed by atoms with Crippen molar-refractivity contribution in [3.63, 3.8) is 0 Å². The molecule has 8 heteroatoms. The summed E-state index contributed by atoms with van der Waals surface area (Å²) >= 11 is 0. The summed E-state index contributed by atoms with van der Waals surface area (Å²) < 4.78 is 6.38. The van der Waals surface area contributed by atoms with E-state index in [2.05, 4.69) is 15.2 Å². The van der Waals surface area contributed by atoms with Gasteiger partial charge < -0.3 is 14.5 Å². The predicted molar refractivity (Wildman–Crippen MR) is 110 cm³/mol. The summed E-state index contributed by atoms with van der Waals surface area (Å²) in [5, 5.41) is 8.53. The Bertz CT molecular complexity index is 1070. The molecule has 1 aromatic heterocycles. The largest absolute Gasteiger partial charge is 0.497 e. The van der Waals surface area contributed by atoms with E-state index in [4.69, 9.17) is 4.74 Å². The van der Waals surface area contributed by atoms with Gasteiger partial charge in [0.25, 0.3) is 5.56 Å². The molecule has 0 N–H and O–H groups in total. The number of benzene rings is 2. The van der Waals surface area contributed by atoms with Crippen LogP contribution in [0.2, 0.25) is 0 Å². The Labute approximate surface area is 168 Å². The Kier molecular flexibility index (Phi) is 5.16. The second-order valence-corrected chi connectivity index (χ2v) is 7.04. The summed E-state index contributed by atoms with van der Waals surface area (Å²) in [6.45, 7) is 4.32. The fraction of sp³-hybridized carbons (Fsp3) is 0.333. The van der Waals surface area contributed by atoms with E-state index in [0.29, 0.717) is 24.0 Å². The Hall–Kier alpha value is -3.42. The molecule has 0 radical (unpaired) electrons. The number of aromatic nitrogens is 3. The van der Waals surface area contributed by atoms with Gasteiger partial charge in [0.15, 0.2) is 0 Å². The van der Waals surface area contributed by atoms with Crippen molar-refractivity contribution < 1.29 is 9.53 Å². The number of amides is 1. The Morgan fingerprint density at radius 3 is 2.41 bits per heavy atom. The SMILES string of the molecule is COc1ccc(N2CCN(C(=O)C(C)n3nnc4ccccc4c3=O)CC2)cc1. The highest BCUT2D eigenvalue weighted by atomic mass is 16.5. The van der Waals surface area contributed by atoms with Crippen LogP contribution in [0, 0.1) is 0 Å². The number of methoxy groups -OCH3 is 1. The van der Waals surface area contributed by atoms with Gasteiger partial charge in [-0.2, -0.15) is 4.68 Å². The van der Waals surface area contributed by atoms with Gasteiger partial charge in [0.2, 0.25) is 5.91 Å². The average Bonchev–Trinajstić information content (AvgIpc) is 2.79. The third-order valence-corrected chi connectivity index (χ3v) is 5.34. The van der Waals surface area contributed by atoms with E-state index in [1.165, 1.54) is 4.68 Å². The van der Waals surface area contributed by atoms with E-state index < -0.39 is 6.04 Å². The monoisotopic (exact) mass is 393 g/mol. The van der Waals surface area contributed by atoms with Crippen LogP contribution in [0.1, 0.15) is 13.0 Å². The van der Waals surface area contributed by atoms with Crippen LogP contribution >= 0.6 is 0 Å². The lowest BCUT2D eigenvalue weighted by molar-refractivity contribution is -0.135. The second kappa shape index (κ2) is 7.90. The molecule has 0 aliphatic carbocycles. The number of hydrogen-bond donors (Lipinski definition) is 0. The van der Waals surface area contributed by atoms with Gasteiger partial charge in [-0.15, -0.1) is 5.10 Å². The van der Waals surface area contributed by atoms with Gasteiger partial charge in [-0.3, -0.25) is 9.59 Å². The van der Waals surface area contributed by atoms with Crippen LogP contribution < -0.4 is 15.2 Å². The number of hydrogen-bond acceptors (Lipinski definition) is 6. The number of fused-ring (bicyclic) bond motifs is 1. The summed E-state index contributed by atoms with van der Waals surface area (Å²) in [6, 6.07) is 14.2. The molecule has 1 amide bonds. The smallest absolute Gasteiger partial charge is 0.278 e. The maximum absolute atomic E-state index is 13.0. The summed E-state index contributed by atoms with van der Waals surface area (Å²) in [5.41, 5.74) is 1.33. The fourth-order valence-corrected chi connectivity index (χ4v) is 3.60. The Morgan fingerprint density at radius 2 is 1.72 bits per heavy atom. The van der Waals surface area contributed by atoms with Gasteiger partial charge >= 0.3 is 0 Å². The lowest BCUT2D eigenvalue weighted by atomic mass is 10.2. The van der Waals surface area contributed by atoms with Crippen molar-refractivity contribution in [2.45, 2.75) is 13.0 Å². The minimum atomic E-state index is -0.702. The number of anilines is 1. The van der Waals surface area contributed by atoms with E-state index in [9.17, 15) is 9.59 Å². The van der Waals surface area contributed by atoms with Crippen LogP contribution in [0.5, 0.6) is 5.75 Å². The topological polar surface area (TPSA) is 80.6 Å². The number of carbonyl (C=O) groups is 1. The van der Waals surface area contributed by atoms with Crippen molar-refractivity contribution in [1.82, 2.24) is 19.9 Å². The van der Waals surface area contributed by atoms with Crippen molar-refractivity contribution in [3.8, 4) is 5.75 Å². The van der Waals surface area contributed by atoms with Gasteiger partial charge in [0.1, 0.15) is 17.3 Å². The fourth-order valence-electron chi connectivity index (χ4n) is 3.60. The number of carbonyl (C=O) groups excluding carboxylic acids is 1. The predicted octanol–water partition coefficient (Wildman–Crippen LogP) is 1.71. The molecular formula is C21H23N5O3. The molecule has 4 rings (SSSR count). The van der Waals surface area contributed by atoms with Crippen molar-refractivity contribution in [1.29, 1.82) is 0 Å². The summed E-state index contributed by atoms with van der Waals surface area (Å²) in [7, 11) is 1.64. The van der Waals surface area contributed by atoms with Crippen molar-refractivity contribution in [3.05, 3.63) is 58.9 Å². The number of piperazine rings is 1. The molecule has 1 saturated heterocycles. The first-order valence-electron chi connectivity index (χ1n) is 9.60. The molecule has 1 fully saturated rings. The van der Waals surface area contributed by atoms with E-state index >= 15 is 0 Å². The third-order valence-electron chi connectivity index (χ3n) is 5.34. The van der Waals surface area contributed by atoms with Gasteiger partial charge in [0, 0.05) is 31.9 Å². The van der Waals surface area contributed by atoms with Crippen LogP contribution in [0.15, 0.2) is 53.3 Å². The Morgan fingerprint density at radius 1 is 1.03 bits per heavy atom. The summed E-state index contributed by atoms with van der Waals surface area (Å²) in [5.74, 6) is 0.699. The highest BCUT2D eigenvalue weighted by molar-refractivity contribution is 5.81. The average molecular weight is 393 g/mol. The number of rotatable bonds is 4. The lowest BCUT2D eigenvalue weighted by Crippen LogP contribution is -2.51. The molecule has 2 heterocycles. The van der Waals surface area contributed by atoms with E-state index in [0.717, 1.165) is 24.5 Å². The standard InChI is InChI=1S/C21H23N5O3/c1-15(26-21(28)18-5-3-4-6-19(18)22-23-26)20(27)25-13-11-24(12-14-25)16-7-9-17(29-2)10-8-16/h3-10,15H,11-14H2,1-2H3. The van der Waals surface area contributed by atoms with Crippen molar-refractivity contribution in [2.24, 2.45) is 0 Å². The second-order valence-electron chi connectivity index (χ2n) is 7.04. The highest BCUT2D eigenvalue weighted by Crippen LogP contribution is 2.21. The zero-order chi connectivity index (χ0) is 20.4. The first-order chi connectivity index (χ1) is 14.1. The molecule has 0 spiro atoms. The van der Waals surface area contributed by atoms with Crippen LogP contribution in [-0.2, 0) is 4.79 Å². The molecule has 3 aromatic rings. The molecular weight excluding hydrogens is 370 g/mol. The molecule has 29 heavy (non-hydrogen) atoms. The van der Waals surface area contributed by atoms with Crippen LogP contribution in [0.25, 0.3) is 10.9 Å². The van der Waals surface area contributed by atoms with E-state index in [1.54, 1.807) is 43.2 Å². The highest BCUT2D eigenvalue weighted by Gasteiger charge is 2.27. The molecule has 1 aliphatic rings. The number of nitrogens with zero attached hydrogens (tertiary/aromatic N) is 5. The molecule has 0 bridgehead atoms. The van der Waals surface area contributed by atoms with Gasteiger partial charge in [-0.05, 0) is 43.3 Å². The first-order valence-corrected chi connectivity index (χ1v) is 9.60. The van der Waals surface area contributed by atoms with Crippen molar-refractivity contribution in [2.75, 3.05) is 38.2 Å². The molecule has 1 unspecified atom stereocenters. The van der Waals surface area contributed by atoms with Gasteiger partial charge in [-0.25, -0.2) is 0 Å². The molecule has 0 saturated carbocycles. The van der Waals surface area contributed by atoms with Gasteiger partial charge in [0.05, 0.1) is 12.5 Å². The zero-order valence-corrected chi connectivity index (χ0v) is 16.5. The maximum atomic E-state index is 13.0. The van der Waals surface area contributed by atoms with Crippen LogP contribution in [-0.4, -0.2) is 59.1 Å². The molecule has 150 valence electrons. The van der Waals surface area contributed by atoms with Crippen molar-refractivity contribution >= 4 is 22.5 Å². The third kappa shape index (κ3) is 3.65. The number of ether oxygens (including phenoxy) is 1.